The Balaban J connectivity index is 1.36. The van der Waals surface area contributed by atoms with Crippen LogP contribution in [0.2, 0.25) is 0 Å². The number of rotatable bonds is 24. The predicted octanol–water partition coefficient (Wildman–Crippen LogP) is 2.88. The molecule has 304 valence electrons. The molecule has 3 aliphatic rings. The van der Waals surface area contributed by atoms with Crippen molar-refractivity contribution >= 4 is 17.7 Å². The molecule has 0 radical (unpaired) electrons. The Bertz CT molecular complexity index is 1580. The number of carbonyl (C=O) groups is 3. The number of carbonyl (C=O) groups excluding carboxylic acids is 3. The molecule has 56 heavy (non-hydrogen) atoms. The van der Waals surface area contributed by atoms with Crippen molar-refractivity contribution in [1.82, 2.24) is 30.7 Å². The summed E-state index contributed by atoms with van der Waals surface area (Å²) in [5.41, 5.74) is 25.4. The number of nitrogens with one attached hydrogen (secondary N) is 3. The van der Waals surface area contributed by atoms with E-state index in [9.17, 15) is 14.4 Å². The molecular formula is C44H65N9O3. The van der Waals surface area contributed by atoms with E-state index in [1.54, 1.807) is 0 Å². The number of hydrogen-bond donors (Lipinski definition) is 6. The van der Waals surface area contributed by atoms with Crippen molar-refractivity contribution in [2.24, 2.45) is 17.2 Å². The Morgan fingerprint density at radius 2 is 0.714 bits per heavy atom. The normalized spacial score (nSPS) is 15.2. The fourth-order valence-electron chi connectivity index (χ4n) is 8.07. The number of benzene rings is 3. The van der Waals surface area contributed by atoms with Gasteiger partial charge >= 0.3 is 0 Å². The van der Waals surface area contributed by atoms with E-state index < -0.39 is 0 Å². The standard InChI is InChI=1S/C44H65N9O3/c1-51(22-4-16-45)25-7-19-48-42(54)31-10-13-34-37(28-31)41-38-29-32(43(55)49-20-8-26-52(2)23-5-17-46)11-14-35(38)40(34)36-15-12-33(30-39(36)41)44(56)50-21-9-27-53(3)24-6-18-47/h10-15,28-30,40-41H,4-9,16-27,45-47H2,1-3H3,(H,48,54)(H,49,55)(H,50,56). The van der Waals surface area contributed by atoms with Crippen molar-refractivity contribution in [3.8, 4) is 0 Å². The second kappa shape index (κ2) is 21.4. The molecule has 0 unspecified atom stereocenters. The van der Waals surface area contributed by atoms with Gasteiger partial charge in [0.1, 0.15) is 0 Å². The molecular weight excluding hydrogens is 703 g/mol. The van der Waals surface area contributed by atoms with Gasteiger partial charge < -0.3 is 47.9 Å². The monoisotopic (exact) mass is 768 g/mol. The molecule has 2 bridgehead atoms. The third-order valence-electron chi connectivity index (χ3n) is 11.2. The summed E-state index contributed by atoms with van der Waals surface area (Å²) in [7, 11) is 6.22. The molecule has 0 saturated heterocycles. The van der Waals surface area contributed by atoms with E-state index in [0.717, 1.165) is 111 Å². The molecule has 12 nitrogen and oxygen atoms in total. The zero-order valence-corrected chi connectivity index (χ0v) is 33.9. The maximum Gasteiger partial charge on any atom is 0.251 e. The first-order valence-electron chi connectivity index (χ1n) is 20.6. The van der Waals surface area contributed by atoms with Crippen LogP contribution in [0, 0.1) is 0 Å². The zero-order chi connectivity index (χ0) is 40.0. The molecule has 0 spiro atoms. The predicted molar refractivity (Wildman–Crippen MR) is 226 cm³/mol. The van der Waals surface area contributed by atoms with Gasteiger partial charge in [-0.1, -0.05) is 18.2 Å². The minimum atomic E-state index is -0.239. The first kappa shape index (κ1) is 43.0. The number of amides is 3. The lowest BCUT2D eigenvalue weighted by molar-refractivity contribution is 0.0944. The summed E-state index contributed by atoms with van der Waals surface area (Å²) < 4.78 is 0. The van der Waals surface area contributed by atoms with Crippen LogP contribution < -0.4 is 33.2 Å². The summed E-state index contributed by atoms with van der Waals surface area (Å²) in [5, 5.41) is 9.35. The van der Waals surface area contributed by atoms with E-state index in [2.05, 4.69) is 70.0 Å². The summed E-state index contributed by atoms with van der Waals surface area (Å²) in [6.07, 6.45) is 5.38. The average molecular weight is 768 g/mol. The van der Waals surface area contributed by atoms with Gasteiger partial charge in [-0.05, 0) is 188 Å². The summed E-state index contributed by atoms with van der Waals surface area (Å²) >= 11 is 0. The lowest BCUT2D eigenvalue weighted by Crippen LogP contribution is -2.32. The van der Waals surface area contributed by atoms with E-state index in [1.165, 1.54) is 0 Å². The molecule has 12 heteroatoms. The first-order chi connectivity index (χ1) is 27.2. The van der Waals surface area contributed by atoms with E-state index in [1.807, 2.05) is 36.4 Å². The van der Waals surface area contributed by atoms with Gasteiger partial charge in [0.2, 0.25) is 0 Å². The Morgan fingerprint density at radius 3 is 1.00 bits per heavy atom. The van der Waals surface area contributed by atoms with Crippen molar-refractivity contribution in [1.29, 1.82) is 0 Å². The van der Waals surface area contributed by atoms with Gasteiger partial charge in [0.25, 0.3) is 17.7 Å². The second-order valence-electron chi connectivity index (χ2n) is 15.6. The van der Waals surface area contributed by atoms with E-state index in [0.29, 0.717) is 56.0 Å². The molecule has 6 rings (SSSR count). The molecule has 0 saturated carbocycles. The Hall–Kier alpha value is -4.17. The summed E-state index contributed by atoms with van der Waals surface area (Å²) in [4.78, 5) is 47.2. The van der Waals surface area contributed by atoms with Crippen LogP contribution in [0.15, 0.2) is 54.6 Å². The third kappa shape index (κ3) is 11.0. The molecule has 0 aliphatic heterocycles. The molecule has 0 heterocycles. The smallest absolute Gasteiger partial charge is 0.251 e. The maximum absolute atomic E-state index is 13.5. The van der Waals surface area contributed by atoms with Crippen LogP contribution in [0.4, 0.5) is 0 Å². The van der Waals surface area contributed by atoms with Crippen LogP contribution in [0.1, 0.15) is 115 Å². The van der Waals surface area contributed by atoms with E-state index >= 15 is 0 Å². The Kier molecular flexibility index (Phi) is 16.4. The lowest BCUT2D eigenvalue weighted by atomic mass is 9.60. The van der Waals surface area contributed by atoms with Gasteiger partial charge in [-0.25, -0.2) is 0 Å². The third-order valence-corrected chi connectivity index (χ3v) is 11.2. The summed E-state index contributed by atoms with van der Waals surface area (Å²) in [6.45, 7) is 9.19. The summed E-state index contributed by atoms with van der Waals surface area (Å²) in [5.74, 6) is -0.644. The van der Waals surface area contributed by atoms with Crippen molar-refractivity contribution in [2.45, 2.75) is 50.4 Å². The largest absolute Gasteiger partial charge is 0.352 e. The van der Waals surface area contributed by atoms with Gasteiger partial charge in [-0.15, -0.1) is 0 Å². The highest BCUT2D eigenvalue weighted by Crippen LogP contribution is 2.56. The van der Waals surface area contributed by atoms with Crippen LogP contribution in [-0.4, -0.2) is 132 Å². The highest BCUT2D eigenvalue weighted by Gasteiger charge is 2.42. The minimum Gasteiger partial charge on any atom is -0.352 e. The van der Waals surface area contributed by atoms with E-state index in [4.69, 9.17) is 17.2 Å². The Morgan fingerprint density at radius 1 is 0.446 bits per heavy atom. The van der Waals surface area contributed by atoms with Gasteiger partial charge in [-0.3, -0.25) is 14.4 Å². The lowest BCUT2D eigenvalue weighted by Gasteiger charge is -2.42. The van der Waals surface area contributed by atoms with Crippen molar-refractivity contribution < 1.29 is 14.4 Å². The minimum absolute atomic E-state index is 0.0801. The van der Waals surface area contributed by atoms with Crippen LogP contribution in [0.5, 0.6) is 0 Å². The molecule has 0 fully saturated rings. The van der Waals surface area contributed by atoms with Gasteiger partial charge in [0, 0.05) is 48.2 Å². The highest BCUT2D eigenvalue weighted by molar-refractivity contribution is 5.97. The summed E-state index contributed by atoms with van der Waals surface area (Å²) in [6, 6.07) is 18.1. The molecule has 0 aromatic heterocycles. The van der Waals surface area contributed by atoms with Crippen molar-refractivity contribution in [3.63, 3.8) is 0 Å². The highest BCUT2D eigenvalue weighted by atomic mass is 16.2. The molecule has 3 aliphatic carbocycles. The molecule has 9 N–H and O–H groups in total. The van der Waals surface area contributed by atoms with Gasteiger partial charge in [0.05, 0.1) is 0 Å². The molecule has 3 aromatic rings. The fraction of sp³-hybridized carbons (Fsp3) is 0.523. The van der Waals surface area contributed by atoms with Gasteiger partial charge in [-0.2, -0.15) is 0 Å². The van der Waals surface area contributed by atoms with Crippen molar-refractivity contribution in [3.05, 3.63) is 105 Å². The van der Waals surface area contributed by atoms with Crippen LogP contribution in [-0.2, 0) is 0 Å². The van der Waals surface area contributed by atoms with E-state index in [-0.39, 0.29) is 29.6 Å². The number of nitrogens with two attached hydrogens (primary N) is 3. The molecule has 0 atom stereocenters. The SMILES string of the molecule is CN(CCCN)CCCNC(=O)c1ccc2c(c1)C1c3cc(C(=O)NCCCN(C)CCCN)ccc3C2c2ccc(C(=O)NCCCN(C)CCCN)cc21. The maximum atomic E-state index is 13.5. The number of nitrogens with zero attached hydrogens (tertiary/aromatic N) is 3. The first-order valence-corrected chi connectivity index (χ1v) is 20.6. The molecule has 3 aromatic carbocycles. The Labute approximate surface area is 333 Å². The second-order valence-corrected chi connectivity index (χ2v) is 15.6. The zero-order valence-electron chi connectivity index (χ0n) is 33.9. The number of hydrogen-bond acceptors (Lipinski definition) is 9. The molecule has 3 amide bonds. The quantitative estimate of drug-likeness (QED) is 0.0516. The average Bonchev–Trinajstić information content (AvgIpc) is 3.21. The topological polar surface area (TPSA) is 175 Å². The van der Waals surface area contributed by atoms with Crippen LogP contribution in [0.25, 0.3) is 0 Å². The van der Waals surface area contributed by atoms with Crippen LogP contribution >= 0.6 is 0 Å². The van der Waals surface area contributed by atoms with Crippen LogP contribution in [0.3, 0.4) is 0 Å². The van der Waals surface area contributed by atoms with Crippen molar-refractivity contribution in [2.75, 3.05) is 99.7 Å². The van der Waals surface area contributed by atoms with Gasteiger partial charge in [0.15, 0.2) is 0 Å². The fourth-order valence-corrected chi connectivity index (χ4v) is 8.07.